The highest BCUT2D eigenvalue weighted by Gasteiger charge is 2.11. The molecule has 25 heavy (non-hydrogen) atoms. The Kier molecular flexibility index (Phi) is 6.57. The third-order valence-electron chi connectivity index (χ3n) is 3.69. The van der Waals surface area contributed by atoms with E-state index in [0.29, 0.717) is 23.6 Å². The summed E-state index contributed by atoms with van der Waals surface area (Å²) in [5.41, 5.74) is 3.29. The Labute approximate surface area is 148 Å². The monoisotopic (exact) mass is 341 g/mol. The Morgan fingerprint density at radius 2 is 1.72 bits per heavy atom. The van der Waals surface area contributed by atoms with Gasteiger partial charge in [-0.15, -0.1) is 0 Å². The molecule has 132 valence electrons. The average Bonchev–Trinajstić information content (AvgIpc) is 2.61. The molecule has 0 bridgehead atoms. The summed E-state index contributed by atoms with van der Waals surface area (Å²) in [6.45, 7) is 6.29. The Balaban J connectivity index is 1.84. The van der Waals surface area contributed by atoms with Gasteiger partial charge in [-0.1, -0.05) is 13.0 Å². The lowest BCUT2D eigenvalue weighted by Gasteiger charge is -2.09. The van der Waals surface area contributed by atoms with Crippen molar-refractivity contribution in [2.45, 2.75) is 27.2 Å². The Hall–Kier alpha value is -2.82. The second-order valence-electron chi connectivity index (χ2n) is 5.80. The summed E-state index contributed by atoms with van der Waals surface area (Å²) in [5, 5.41) is 2.71. The van der Waals surface area contributed by atoms with Crippen LogP contribution in [0.2, 0.25) is 0 Å². The van der Waals surface area contributed by atoms with E-state index in [-0.39, 0.29) is 12.5 Å². The maximum atomic E-state index is 12.0. The van der Waals surface area contributed by atoms with E-state index in [0.717, 1.165) is 17.5 Å². The minimum Gasteiger partial charge on any atom is -0.494 e. The molecule has 2 rings (SSSR count). The first-order valence-corrected chi connectivity index (χ1v) is 8.26. The van der Waals surface area contributed by atoms with E-state index in [1.54, 1.807) is 24.3 Å². The summed E-state index contributed by atoms with van der Waals surface area (Å²) in [5.74, 6) is -0.220. The van der Waals surface area contributed by atoms with Gasteiger partial charge in [0.05, 0.1) is 12.2 Å². The van der Waals surface area contributed by atoms with Gasteiger partial charge in [-0.25, -0.2) is 4.79 Å². The third kappa shape index (κ3) is 5.64. The van der Waals surface area contributed by atoms with E-state index >= 15 is 0 Å². The summed E-state index contributed by atoms with van der Waals surface area (Å²) in [4.78, 5) is 23.9. The van der Waals surface area contributed by atoms with Crippen molar-refractivity contribution in [3.63, 3.8) is 0 Å². The van der Waals surface area contributed by atoms with Crippen LogP contribution in [0.3, 0.4) is 0 Å². The van der Waals surface area contributed by atoms with Crippen LogP contribution in [0.5, 0.6) is 5.75 Å². The molecule has 0 saturated carbocycles. The molecule has 0 aromatic heterocycles. The predicted octanol–water partition coefficient (Wildman–Crippen LogP) is 3.89. The number of ether oxygens (including phenoxy) is 2. The first-order chi connectivity index (χ1) is 12.0. The second-order valence-corrected chi connectivity index (χ2v) is 5.80. The number of amides is 1. The van der Waals surface area contributed by atoms with Gasteiger partial charge in [0.15, 0.2) is 6.61 Å². The second kappa shape index (κ2) is 8.87. The fraction of sp³-hybridized carbons (Fsp3) is 0.300. The van der Waals surface area contributed by atoms with Crippen LogP contribution in [0.25, 0.3) is 0 Å². The lowest BCUT2D eigenvalue weighted by atomic mass is 10.1. The third-order valence-corrected chi connectivity index (χ3v) is 3.69. The molecule has 1 amide bonds. The van der Waals surface area contributed by atoms with Crippen molar-refractivity contribution in [3.05, 3.63) is 59.2 Å². The number of esters is 1. The van der Waals surface area contributed by atoms with Crippen LogP contribution in [0.4, 0.5) is 5.69 Å². The fourth-order valence-electron chi connectivity index (χ4n) is 2.14. The Morgan fingerprint density at radius 3 is 2.36 bits per heavy atom. The molecule has 0 unspecified atom stereocenters. The number of carbonyl (C=O) groups excluding carboxylic acids is 2. The highest BCUT2D eigenvalue weighted by atomic mass is 16.5. The van der Waals surface area contributed by atoms with Crippen LogP contribution in [0.15, 0.2) is 42.5 Å². The lowest BCUT2D eigenvalue weighted by molar-refractivity contribution is -0.119. The van der Waals surface area contributed by atoms with Crippen molar-refractivity contribution in [2.24, 2.45) is 0 Å². The molecule has 0 aliphatic rings. The van der Waals surface area contributed by atoms with Crippen LogP contribution >= 0.6 is 0 Å². The van der Waals surface area contributed by atoms with Crippen molar-refractivity contribution < 1.29 is 19.1 Å². The zero-order chi connectivity index (χ0) is 18.2. The number of nitrogens with one attached hydrogen (secondary N) is 1. The number of hydrogen-bond acceptors (Lipinski definition) is 4. The molecule has 5 nitrogen and oxygen atoms in total. The van der Waals surface area contributed by atoms with Crippen molar-refractivity contribution in [1.29, 1.82) is 0 Å². The largest absolute Gasteiger partial charge is 0.494 e. The van der Waals surface area contributed by atoms with E-state index in [1.807, 2.05) is 39.0 Å². The minimum absolute atomic E-state index is 0.333. The molecule has 0 saturated heterocycles. The van der Waals surface area contributed by atoms with Gasteiger partial charge < -0.3 is 14.8 Å². The standard InChI is InChI=1S/C20H23NO4/c1-4-11-24-18-9-6-16(7-10-18)20(23)25-13-19(22)21-17-8-5-14(2)15(3)12-17/h5-10,12H,4,11,13H2,1-3H3,(H,21,22). The molecule has 0 radical (unpaired) electrons. The van der Waals surface area contributed by atoms with E-state index in [4.69, 9.17) is 9.47 Å². The van der Waals surface area contributed by atoms with Gasteiger partial charge in [-0.05, 0) is 67.8 Å². The highest BCUT2D eigenvalue weighted by molar-refractivity contribution is 5.95. The van der Waals surface area contributed by atoms with Gasteiger partial charge in [-0.2, -0.15) is 0 Å². The average molecular weight is 341 g/mol. The van der Waals surface area contributed by atoms with Crippen LogP contribution in [-0.4, -0.2) is 25.1 Å². The smallest absolute Gasteiger partial charge is 0.338 e. The van der Waals surface area contributed by atoms with Gasteiger partial charge in [0.25, 0.3) is 5.91 Å². The van der Waals surface area contributed by atoms with E-state index in [1.165, 1.54) is 0 Å². The number of anilines is 1. The lowest BCUT2D eigenvalue weighted by Crippen LogP contribution is -2.21. The van der Waals surface area contributed by atoms with Crippen molar-refractivity contribution in [3.8, 4) is 5.75 Å². The molecule has 0 spiro atoms. The minimum atomic E-state index is -0.544. The highest BCUT2D eigenvalue weighted by Crippen LogP contribution is 2.15. The number of hydrogen-bond donors (Lipinski definition) is 1. The quantitative estimate of drug-likeness (QED) is 0.776. The van der Waals surface area contributed by atoms with E-state index in [9.17, 15) is 9.59 Å². The Bertz CT molecular complexity index is 738. The molecule has 0 fully saturated rings. The molecule has 1 N–H and O–H groups in total. The molecule has 2 aromatic rings. The zero-order valence-electron chi connectivity index (χ0n) is 14.8. The van der Waals surface area contributed by atoms with Crippen LogP contribution < -0.4 is 10.1 Å². The molecular weight excluding hydrogens is 318 g/mol. The van der Waals surface area contributed by atoms with Crippen molar-refractivity contribution in [2.75, 3.05) is 18.5 Å². The summed E-state index contributed by atoms with van der Waals surface area (Å²) in [6.07, 6.45) is 0.916. The zero-order valence-corrected chi connectivity index (χ0v) is 14.8. The number of rotatable bonds is 7. The number of aryl methyl sites for hydroxylation is 2. The number of benzene rings is 2. The van der Waals surface area contributed by atoms with Crippen molar-refractivity contribution >= 4 is 17.6 Å². The topological polar surface area (TPSA) is 64.6 Å². The summed E-state index contributed by atoms with van der Waals surface area (Å²) in [7, 11) is 0. The fourth-order valence-corrected chi connectivity index (χ4v) is 2.14. The van der Waals surface area contributed by atoms with Crippen LogP contribution in [0, 0.1) is 13.8 Å². The molecule has 2 aromatic carbocycles. The molecule has 0 aliphatic carbocycles. The molecule has 5 heteroatoms. The normalized spacial score (nSPS) is 10.2. The summed E-state index contributed by atoms with van der Waals surface area (Å²) in [6, 6.07) is 12.3. The van der Waals surface area contributed by atoms with E-state index in [2.05, 4.69) is 5.32 Å². The molecule has 0 heterocycles. The van der Waals surface area contributed by atoms with Gasteiger partial charge >= 0.3 is 5.97 Å². The van der Waals surface area contributed by atoms with Crippen LogP contribution in [-0.2, 0) is 9.53 Å². The molecule has 0 aliphatic heterocycles. The van der Waals surface area contributed by atoms with Gasteiger partial charge in [0.1, 0.15) is 5.75 Å². The van der Waals surface area contributed by atoms with Crippen molar-refractivity contribution in [1.82, 2.24) is 0 Å². The summed E-state index contributed by atoms with van der Waals surface area (Å²) < 4.78 is 10.5. The Morgan fingerprint density at radius 1 is 1.00 bits per heavy atom. The first-order valence-electron chi connectivity index (χ1n) is 8.26. The SMILES string of the molecule is CCCOc1ccc(C(=O)OCC(=O)Nc2ccc(C)c(C)c2)cc1. The maximum absolute atomic E-state index is 12.0. The molecular formula is C20H23NO4. The summed E-state index contributed by atoms with van der Waals surface area (Å²) >= 11 is 0. The molecule has 0 atom stereocenters. The van der Waals surface area contributed by atoms with Crippen LogP contribution in [0.1, 0.15) is 34.8 Å². The van der Waals surface area contributed by atoms with E-state index < -0.39 is 5.97 Å². The predicted molar refractivity (Wildman–Crippen MR) is 97.1 cm³/mol. The maximum Gasteiger partial charge on any atom is 0.338 e. The first kappa shape index (κ1) is 18.5. The number of carbonyl (C=O) groups is 2. The van der Waals surface area contributed by atoms with Gasteiger partial charge in [0, 0.05) is 5.69 Å². The van der Waals surface area contributed by atoms with Gasteiger partial charge in [0.2, 0.25) is 0 Å². The van der Waals surface area contributed by atoms with Gasteiger partial charge in [-0.3, -0.25) is 4.79 Å².